The summed E-state index contributed by atoms with van der Waals surface area (Å²) in [6, 6.07) is 4.42. The molecule has 2 N–H and O–H groups in total. The third-order valence-electron chi connectivity index (χ3n) is 3.22. The number of rotatable bonds is 4. The van der Waals surface area contributed by atoms with Crippen LogP contribution in [0.15, 0.2) is 24.5 Å². The molecule has 0 radical (unpaired) electrons. The lowest BCUT2D eigenvalue weighted by Gasteiger charge is -2.35. The van der Waals surface area contributed by atoms with Crippen molar-refractivity contribution in [1.82, 2.24) is 20.5 Å². The molecule has 2 rings (SSSR count). The minimum absolute atomic E-state index is 0.0887. The van der Waals surface area contributed by atoms with E-state index in [1.54, 1.807) is 6.20 Å². The molecule has 1 aromatic rings. The van der Waals surface area contributed by atoms with Crippen LogP contribution >= 0.6 is 0 Å². The summed E-state index contributed by atoms with van der Waals surface area (Å²) in [6.07, 6.45) is 3.65. The number of amides is 1. The molecule has 1 aromatic heterocycles. The highest BCUT2D eigenvalue weighted by molar-refractivity contribution is 5.78. The predicted molar refractivity (Wildman–Crippen MR) is 74.7 cm³/mol. The van der Waals surface area contributed by atoms with E-state index in [0.29, 0.717) is 6.54 Å². The lowest BCUT2D eigenvalue weighted by Crippen LogP contribution is -2.50. The fraction of sp³-hybridized carbons (Fsp3) is 0.571. The number of pyridine rings is 1. The van der Waals surface area contributed by atoms with Gasteiger partial charge in [-0.15, -0.1) is 0 Å². The molecule has 0 spiro atoms. The molecule has 104 valence electrons. The molecule has 0 aliphatic carbocycles. The highest BCUT2D eigenvalue weighted by Crippen LogP contribution is 2.20. The Morgan fingerprint density at radius 2 is 2.47 bits per heavy atom. The zero-order valence-electron chi connectivity index (χ0n) is 11.6. The van der Waals surface area contributed by atoms with Gasteiger partial charge in [-0.2, -0.15) is 0 Å². The molecule has 2 heterocycles. The van der Waals surface area contributed by atoms with Gasteiger partial charge in [0.1, 0.15) is 0 Å². The second-order valence-electron chi connectivity index (χ2n) is 5.20. The third kappa shape index (κ3) is 4.01. The normalized spacial score (nSPS) is 20.5. The summed E-state index contributed by atoms with van der Waals surface area (Å²) in [5.41, 5.74) is 1.16. The van der Waals surface area contributed by atoms with Crippen molar-refractivity contribution in [2.75, 3.05) is 26.2 Å². The van der Waals surface area contributed by atoms with Gasteiger partial charge in [0, 0.05) is 44.1 Å². The number of hydrogen-bond donors (Lipinski definition) is 2. The number of carbonyl (C=O) groups excluding carboxylic acids is 1. The summed E-state index contributed by atoms with van der Waals surface area (Å²) in [5, 5.41) is 6.32. The van der Waals surface area contributed by atoms with Gasteiger partial charge in [0.05, 0.1) is 6.54 Å². The second-order valence-corrected chi connectivity index (χ2v) is 5.20. The van der Waals surface area contributed by atoms with Gasteiger partial charge in [0.15, 0.2) is 0 Å². The molecule has 1 aliphatic rings. The highest BCUT2D eigenvalue weighted by Gasteiger charge is 2.25. The molecule has 0 aromatic carbocycles. The van der Waals surface area contributed by atoms with Crippen molar-refractivity contribution >= 4 is 5.91 Å². The van der Waals surface area contributed by atoms with Crippen LogP contribution in [0.1, 0.15) is 25.5 Å². The van der Waals surface area contributed by atoms with Crippen LogP contribution in [0, 0.1) is 0 Å². The maximum absolute atomic E-state index is 11.9. The Morgan fingerprint density at radius 3 is 3.16 bits per heavy atom. The number of nitrogens with one attached hydrogen (secondary N) is 2. The number of nitrogens with zero attached hydrogens (tertiary/aromatic N) is 2. The summed E-state index contributed by atoms with van der Waals surface area (Å²) in [4.78, 5) is 18.3. The van der Waals surface area contributed by atoms with Gasteiger partial charge in [-0.05, 0) is 25.5 Å². The highest BCUT2D eigenvalue weighted by atomic mass is 16.2. The van der Waals surface area contributed by atoms with E-state index in [9.17, 15) is 4.79 Å². The Balaban J connectivity index is 2.02. The summed E-state index contributed by atoms with van der Waals surface area (Å²) in [7, 11) is 0. The van der Waals surface area contributed by atoms with Crippen molar-refractivity contribution in [2.45, 2.75) is 25.9 Å². The van der Waals surface area contributed by atoms with Crippen LogP contribution in [-0.4, -0.2) is 48.0 Å². The van der Waals surface area contributed by atoms with E-state index in [4.69, 9.17) is 0 Å². The SMILES string of the molecule is CC(C)NC(=O)CN1CCNCC1c1cccnc1. The number of carbonyl (C=O) groups is 1. The van der Waals surface area contributed by atoms with Crippen molar-refractivity contribution < 1.29 is 4.79 Å². The molecule has 1 aliphatic heterocycles. The van der Waals surface area contributed by atoms with Crippen LogP contribution in [-0.2, 0) is 4.79 Å². The first-order chi connectivity index (χ1) is 9.16. The van der Waals surface area contributed by atoms with E-state index < -0.39 is 0 Å². The average Bonchev–Trinajstić information content (AvgIpc) is 2.39. The summed E-state index contributed by atoms with van der Waals surface area (Å²) in [5.74, 6) is 0.0887. The standard InChI is InChI=1S/C14H22N4O/c1-11(2)17-14(19)10-18-7-6-16-9-13(18)12-4-3-5-15-8-12/h3-5,8,11,13,16H,6-7,9-10H2,1-2H3,(H,17,19). The number of hydrogen-bond acceptors (Lipinski definition) is 4. The first kappa shape index (κ1) is 14.0. The molecular formula is C14H22N4O. The molecule has 1 unspecified atom stereocenters. The van der Waals surface area contributed by atoms with Gasteiger partial charge < -0.3 is 10.6 Å². The largest absolute Gasteiger partial charge is 0.353 e. The molecule has 1 amide bonds. The molecule has 0 bridgehead atoms. The van der Waals surface area contributed by atoms with Gasteiger partial charge in [0.25, 0.3) is 0 Å². The lowest BCUT2D eigenvalue weighted by molar-refractivity contribution is -0.123. The molecule has 5 heteroatoms. The molecule has 5 nitrogen and oxygen atoms in total. The van der Waals surface area contributed by atoms with Gasteiger partial charge in [-0.25, -0.2) is 0 Å². The van der Waals surface area contributed by atoms with Crippen LogP contribution < -0.4 is 10.6 Å². The van der Waals surface area contributed by atoms with E-state index in [2.05, 4.69) is 26.6 Å². The third-order valence-corrected chi connectivity index (χ3v) is 3.22. The molecule has 19 heavy (non-hydrogen) atoms. The first-order valence-electron chi connectivity index (χ1n) is 6.81. The van der Waals surface area contributed by atoms with Crippen molar-refractivity contribution in [1.29, 1.82) is 0 Å². The second kappa shape index (κ2) is 6.63. The van der Waals surface area contributed by atoms with Crippen LogP contribution in [0.2, 0.25) is 0 Å². The molecule has 0 saturated carbocycles. The molecule has 1 fully saturated rings. The fourth-order valence-corrected chi connectivity index (χ4v) is 2.39. The Kier molecular flexibility index (Phi) is 4.87. The lowest BCUT2D eigenvalue weighted by atomic mass is 10.1. The van der Waals surface area contributed by atoms with Crippen molar-refractivity contribution in [3.63, 3.8) is 0 Å². The van der Waals surface area contributed by atoms with Gasteiger partial charge in [-0.3, -0.25) is 14.7 Å². The minimum Gasteiger partial charge on any atom is -0.353 e. The topological polar surface area (TPSA) is 57.3 Å². The maximum atomic E-state index is 11.9. The molecule has 1 saturated heterocycles. The van der Waals surface area contributed by atoms with Gasteiger partial charge >= 0.3 is 0 Å². The van der Waals surface area contributed by atoms with Crippen molar-refractivity contribution in [3.8, 4) is 0 Å². The van der Waals surface area contributed by atoms with E-state index in [1.807, 2.05) is 26.1 Å². The van der Waals surface area contributed by atoms with Crippen LogP contribution in [0.25, 0.3) is 0 Å². The van der Waals surface area contributed by atoms with Crippen LogP contribution in [0.3, 0.4) is 0 Å². The zero-order valence-corrected chi connectivity index (χ0v) is 11.6. The predicted octanol–water partition coefficient (Wildman–Crippen LogP) is 0.553. The Labute approximate surface area is 114 Å². The van der Waals surface area contributed by atoms with Crippen LogP contribution in [0.5, 0.6) is 0 Å². The van der Waals surface area contributed by atoms with E-state index >= 15 is 0 Å². The van der Waals surface area contributed by atoms with Crippen molar-refractivity contribution in [2.24, 2.45) is 0 Å². The fourth-order valence-electron chi connectivity index (χ4n) is 2.39. The minimum atomic E-state index is 0.0887. The van der Waals surface area contributed by atoms with E-state index in [0.717, 1.165) is 25.2 Å². The smallest absolute Gasteiger partial charge is 0.234 e. The Bertz CT molecular complexity index is 407. The zero-order chi connectivity index (χ0) is 13.7. The molecular weight excluding hydrogens is 240 g/mol. The first-order valence-corrected chi connectivity index (χ1v) is 6.81. The van der Waals surface area contributed by atoms with E-state index in [-0.39, 0.29) is 18.0 Å². The quantitative estimate of drug-likeness (QED) is 0.832. The van der Waals surface area contributed by atoms with Gasteiger partial charge in [-0.1, -0.05) is 6.07 Å². The summed E-state index contributed by atoms with van der Waals surface area (Å²) < 4.78 is 0. The average molecular weight is 262 g/mol. The van der Waals surface area contributed by atoms with E-state index in [1.165, 1.54) is 0 Å². The number of aromatic nitrogens is 1. The van der Waals surface area contributed by atoms with Crippen LogP contribution in [0.4, 0.5) is 0 Å². The number of piperazine rings is 1. The van der Waals surface area contributed by atoms with Gasteiger partial charge in [0.2, 0.25) is 5.91 Å². The maximum Gasteiger partial charge on any atom is 0.234 e. The summed E-state index contributed by atoms with van der Waals surface area (Å²) >= 11 is 0. The Morgan fingerprint density at radius 1 is 1.63 bits per heavy atom. The van der Waals surface area contributed by atoms with Crippen molar-refractivity contribution in [3.05, 3.63) is 30.1 Å². The Hall–Kier alpha value is -1.46. The monoisotopic (exact) mass is 262 g/mol. The summed E-state index contributed by atoms with van der Waals surface area (Å²) in [6.45, 7) is 7.07. The molecule has 1 atom stereocenters.